The minimum Gasteiger partial charge on any atom is -0.294 e. The third-order valence-electron chi connectivity index (χ3n) is 4.09. The summed E-state index contributed by atoms with van der Waals surface area (Å²) < 4.78 is 106. The zero-order chi connectivity index (χ0) is 19.4. The number of hydrogen-bond donors (Lipinski definition) is 0. The fourth-order valence-corrected chi connectivity index (χ4v) is 6.09. The molecule has 1 saturated heterocycles. The van der Waals surface area contributed by atoms with Crippen LogP contribution in [0.15, 0.2) is 12.2 Å². The average molecular weight is 395 g/mol. The zero-order valence-electron chi connectivity index (χ0n) is 14.1. The van der Waals surface area contributed by atoms with Gasteiger partial charge in [0.1, 0.15) is 0 Å². The van der Waals surface area contributed by atoms with Crippen LogP contribution < -0.4 is 0 Å². The molecule has 2 atom stereocenters. The molecule has 2 bridgehead atoms. The lowest BCUT2D eigenvalue weighted by Gasteiger charge is -2.48. The summed E-state index contributed by atoms with van der Waals surface area (Å²) in [6.07, 6.45) is -11.6. The molecule has 1 aliphatic carbocycles. The summed E-state index contributed by atoms with van der Waals surface area (Å²) in [5, 5.41) is 0. The van der Waals surface area contributed by atoms with E-state index in [2.05, 4.69) is 0 Å². The van der Waals surface area contributed by atoms with Gasteiger partial charge in [0.15, 0.2) is 0 Å². The maximum absolute atomic E-state index is 13.8. The molecule has 0 spiro atoms. The van der Waals surface area contributed by atoms with Crippen molar-refractivity contribution in [2.24, 2.45) is 5.92 Å². The van der Waals surface area contributed by atoms with Crippen LogP contribution in [0.4, 0.5) is 26.3 Å². The normalized spacial score (nSPS) is 27.0. The Morgan fingerprint density at radius 3 is 1.80 bits per heavy atom. The van der Waals surface area contributed by atoms with E-state index in [4.69, 9.17) is 9.05 Å². The highest BCUT2D eigenvalue weighted by molar-refractivity contribution is 7.51. The van der Waals surface area contributed by atoms with Crippen molar-refractivity contribution in [3.05, 3.63) is 12.2 Å². The van der Waals surface area contributed by atoms with Gasteiger partial charge in [0.25, 0.3) is 0 Å². The fourth-order valence-electron chi connectivity index (χ4n) is 3.48. The van der Waals surface area contributed by atoms with E-state index in [1.165, 1.54) is 33.8 Å². The minimum absolute atomic E-state index is 0.106. The lowest BCUT2D eigenvalue weighted by atomic mass is 9.84. The number of nitrogens with zero attached hydrogens (tertiary/aromatic N) is 1. The van der Waals surface area contributed by atoms with Gasteiger partial charge >= 0.3 is 20.1 Å². The van der Waals surface area contributed by atoms with E-state index < -0.39 is 56.2 Å². The summed E-state index contributed by atoms with van der Waals surface area (Å²) in [5.74, 6) is -1.91. The first-order valence-electron chi connectivity index (χ1n) is 7.75. The van der Waals surface area contributed by atoms with Crippen LogP contribution in [0.1, 0.15) is 34.1 Å². The van der Waals surface area contributed by atoms with Gasteiger partial charge in [-0.25, -0.2) is 4.57 Å². The number of alkyl halides is 6. The maximum atomic E-state index is 13.8. The van der Waals surface area contributed by atoms with Crippen LogP contribution in [0.5, 0.6) is 0 Å². The third kappa shape index (κ3) is 3.15. The van der Waals surface area contributed by atoms with Gasteiger partial charge in [0, 0.05) is 12.0 Å². The quantitative estimate of drug-likeness (QED) is 0.370. The second-order valence-corrected chi connectivity index (χ2v) is 8.47. The molecule has 0 aromatic heterocycles. The Morgan fingerprint density at radius 2 is 1.44 bits per heavy atom. The molecule has 2 rings (SSSR count). The largest absolute Gasteiger partial charge is 0.416 e. The van der Waals surface area contributed by atoms with Crippen molar-refractivity contribution in [2.45, 2.75) is 70.3 Å². The predicted octanol–water partition coefficient (Wildman–Crippen LogP) is 5.07. The van der Waals surface area contributed by atoms with E-state index in [0.29, 0.717) is 0 Å². The highest BCUT2D eigenvalue weighted by Crippen LogP contribution is 2.71. The highest BCUT2D eigenvalue weighted by atomic mass is 31.2. The zero-order valence-corrected chi connectivity index (χ0v) is 15.0. The van der Waals surface area contributed by atoms with Crippen LogP contribution in [-0.2, 0) is 13.6 Å². The van der Waals surface area contributed by atoms with Gasteiger partial charge < -0.3 is 0 Å². The highest BCUT2D eigenvalue weighted by Gasteiger charge is 2.84. The van der Waals surface area contributed by atoms with Crippen LogP contribution in [-0.4, -0.2) is 40.8 Å². The Labute approximate surface area is 141 Å². The first-order chi connectivity index (χ1) is 11.2. The number of hydrogen-bond acceptors (Lipinski definition) is 3. The Hall–Kier alpha value is -0.570. The van der Waals surface area contributed by atoms with E-state index in [-0.39, 0.29) is 4.67 Å². The Kier molecular flexibility index (Phi) is 5.18. The summed E-state index contributed by atoms with van der Waals surface area (Å²) in [6.45, 7) is 5.46. The molecule has 1 heterocycles. The molecule has 0 radical (unpaired) electrons. The summed E-state index contributed by atoms with van der Waals surface area (Å²) in [5.41, 5.74) is -4.31. The second-order valence-electron chi connectivity index (χ2n) is 6.68. The molecule has 11 heteroatoms. The van der Waals surface area contributed by atoms with Gasteiger partial charge in [-0.3, -0.25) is 9.05 Å². The van der Waals surface area contributed by atoms with Crippen LogP contribution in [0.3, 0.4) is 0 Å². The molecule has 1 fully saturated rings. The van der Waals surface area contributed by atoms with Crippen LogP contribution in [0.2, 0.25) is 0 Å². The monoisotopic (exact) mass is 395 g/mol. The molecule has 2 aliphatic rings. The second kappa shape index (κ2) is 6.25. The molecule has 4 nitrogen and oxygen atoms in total. The Morgan fingerprint density at radius 1 is 1.00 bits per heavy atom. The SMILES string of the molecule is CC(C)OP(=O)(OC(C)C)N1C2C=CC(C2)C1(C(F)(F)F)C(F)(F)F. The molecule has 0 saturated carbocycles. The van der Waals surface area contributed by atoms with E-state index in [9.17, 15) is 30.9 Å². The van der Waals surface area contributed by atoms with E-state index >= 15 is 0 Å². The molecule has 146 valence electrons. The summed E-state index contributed by atoms with van der Waals surface area (Å²) in [4.78, 5) is 0. The van der Waals surface area contributed by atoms with Crippen LogP contribution >= 0.6 is 7.75 Å². The lowest BCUT2D eigenvalue weighted by Crippen LogP contribution is -2.68. The van der Waals surface area contributed by atoms with Gasteiger partial charge in [-0.15, -0.1) is 0 Å². The summed E-state index contributed by atoms with van der Waals surface area (Å²) in [7, 11) is -4.89. The first-order valence-corrected chi connectivity index (χ1v) is 9.24. The molecule has 0 N–H and O–H groups in total. The molecule has 0 amide bonds. The van der Waals surface area contributed by atoms with Gasteiger partial charge in [-0.1, -0.05) is 12.2 Å². The van der Waals surface area contributed by atoms with Crippen molar-refractivity contribution in [1.82, 2.24) is 4.67 Å². The van der Waals surface area contributed by atoms with Crippen molar-refractivity contribution < 1.29 is 40.0 Å². The van der Waals surface area contributed by atoms with Crippen LogP contribution in [0, 0.1) is 5.92 Å². The van der Waals surface area contributed by atoms with Crippen molar-refractivity contribution in [3.63, 3.8) is 0 Å². The van der Waals surface area contributed by atoms with Gasteiger partial charge in [0.2, 0.25) is 5.54 Å². The van der Waals surface area contributed by atoms with Crippen molar-refractivity contribution in [1.29, 1.82) is 0 Å². The van der Waals surface area contributed by atoms with E-state index in [1.54, 1.807) is 0 Å². The number of halogens is 6. The summed E-state index contributed by atoms with van der Waals surface area (Å²) >= 11 is 0. The molecule has 0 aromatic rings. The lowest BCUT2D eigenvalue weighted by molar-refractivity contribution is -0.334. The Balaban J connectivity index is 2.70. The fraction of sp³-hybridized carbons (Fsp3) is 0.857. The van der Waals surface area contributed by atoms with Gasteiger partial charge in [-0.05, 0) is 34.1 Å². The summed E-state index contributed by atoms with van der Waals surface area (Å²) in [6, 6.07) is -1.34. The smallest absolute Gasteiger partial charge is 0.294 e. The predicted molar refractivity (Wildman–Crippen MR) is 77.8 cm³/mol. The van der Waals surface area contributed by atoms with E-state index in [1.807, 2.05) is 0 Å². The molecule has 2 unspecified atom stereocenters. The van der Waals surface area contributed by atoms with Crippen LogP contribution in [0.25, 0.3) is 0 Å². The average Bonchev–Trinajstić information content (AvgIpc) is 2.92. The maximum Gasteiger partial charge on any atom is 0.416 e. The first kappa shape index (κ1) is 20.7. The molecule has 25 heavy (non-hydrogen) atoms. The molecule has 1 aliphatic heterocycles. The number of rotatable bonds is 5. The number of fused-ring (bicyclic) bond motifs is 2. The van der Waals surface area contributed by atoms with Crippen molar-refractivity contribution in [3.8, 4) is 0 Å². The van der Waals surface area contributed by atoms with Gasteiger partial charge in [-0.2, -0.15) is 31.0 Å². The van der Waals surface area contributed by atoms with Crippen molar-refractivity contribution >= 4 is 7.75 Å². The topological polar surface area (TPSA) is 38.8 Å². The molecular weight excluding hydrogens is 375 g/mol. The standard InChI is InChI=1S/C14H20F6NO3P/c1-8(2)23-25(22,24-9(3)4)21-11-6-5-10(7-11)12(21,13(15,16)17)14(18,19)20/h5-6,8-11H,7H2,1-4H3. The molecule has 0 aromatic carbocycles. The Bertz CT molecular complexity index is 558. The van der Waals surface area contributed by atoms with E-state index in [0.717, 1.165) is 6.08 Å². The molecular formula is C14H20F6NO3P. The van der Waals surface area contributed by atoms with Gasteiger partial charge in [0.05, 0.1) is 12.2 Å². The van der Waals surface area contributed by atoms with Crippen molar-refractivity contribution in [2.75, 3.05) is 0 Å². The third-order valence-corrected chi connectivity index (χ3v) is 6.61. The minimum atomic E-state index is -5.72.